The normalized spacial score (nSPS) is 14.6. The number of ether oxygens (including phenoxy) is 1. The Labute approximate surface area is 123 Å². The van der Waals surface area contributed by atoms with Gasteiger partial charge in [0.05, 0.1) is 6.10 Å². The van der Waals surface area contributed by atoms with Gasteiger partial charge >= 0.3 is 0 Å². The summed E-state index contributed by atoms with van der Waals surface area (Å²) in [5.41, 5.74) is 1.21. The monoisotopic (exact) mass is 289 g/mol. The van der Waals surface area contributed by atoms with Gasteiger partial charge in [0.25, 0.3) is 0 Å². The van der Waals surface area contributed by atoms with E-state index in [1.807, 2.05) is 26.0 Å². The second kappa shape index (κ2) is 5.79. The van der Waals surface area contributed by atoms with E-state index in [-0.39, 0.29) is 6.10 Å². The molecule has 20 heavy (non-hydrogen) atoms. The third-order valence-corrected chi connectivity index (χ3v) is 3.81. The third-order valence-electron chi connectivity index (χ3n) is 3.12. The number of hydrogen-bond donors (Lipinski definition) is 1. The molecule has 0 amide bonds. The van der Waals surface area contributed by atoms with Crippen LogP contribution in [0.3, 0.4) is 0 Å². The molecule has 106 valence electrons. The first kappa shape index (κ1) is 13.4. The van der Waals surface area contributed by atoms with Crippen LogP contribution in [0.25, 0.3) is 0 Å². The molecular formula is C15H19N3OS. The van der Waals surface area contributed by atoms with Gasteiger partial charge in [0.2, 0.25) is 5.13 Å². The van der Waals surface area contributed by atoms with E-state index in [4.69, 9.17) is 4.74 Å². The third kappa shape index (κ3) is 3.48. The second-order valence-electron chi connectivity index (χ2n) is 5.40. The Hall–Kier alpha value is -1.62. The zero-order valence-electron chi connectivity index (χ0n) is 11.8. The van der Waals surface area contributed by atoms with Gasteiger partial charge in [-0.3, -0.25) is 0 Å². The predicted molar refractivity (Wildman–Crippen MR) is 81.4 cm³/mol. The fraction of sp³-hybridized carbons (Fsp3) is 0.467. The maximum atomic E-state index is 5.63. The molecule has 0 atom stereocenters. The van der Waals surface area contributed by atoms with E-state index in [1.54, 1.807) is 0 Å². The van der Waals surface area contributed by atoms with Crippen LogP contribution in [0.4, 0.5) is 5.13 Å². The summed E-state index contributed by atoms with van der Waals surface area (Å²) in [6.07, 6.45) is 2.70. The molecule has 1 aliphatic rings. The highest BCUT2D eigenvalue weighted by atomic mass is 32.1. The maximum Gasteiger partial charge on any atom is 0.202 e. The molecule has 0 saturated heterocycles. The number of rotatable bonds is 6. The molecule has 0 bridgehead atoms. The smallest absolute Gasteiger partial charge is 0.202 e. The molecule has 0 aliphatic heterocycles. The van der Waals surface area contributed by atoms with Crippen LogP contribution in [0.1, 0.15) is 44.0 Å². The summed E-state index contributed by atoms with van der Waals surface area (Å²) in [5, 5.41) is 4.24. The summed E-state index contributed by atoms with van der Waals surface area (Å²) in [6.45, 7) is 4.83. The van der Waals surface area contributed by atoms with Crippen LogP contribution >= 0.6 is 11.5 Å². The highest BCUT2D eigenvalue weighted by molar-refractivity contribution is 7.09. The molecule has 1 aromatic carbocycles. The topological polar surface area (TPSA) is 47.0 Å². The van der Waals surface area contributed by atoms with Crippen molar-refractivity contribution >= 4 is 16.7 Å². The average Bonchev–Trinajstić information content (AvgIpc) is 3.17. The number of nitrogens with one attached hydrogen (secondary N) is 1. The lowest BCUT2D eigenvalue weighted by Gasteiger charge is -2.10. The Morgan fingerprint density at radius 3 is 2.70 bits per heavy atom. The maximum absolute atomic E-state index is 5.63. The fourth-order valence-electron chi connectivity index (χ4n) is 1.95. The van der Waals surface area contributed by atoms with E-state index in [2.05, 4.69) is 26.8 Å². The molecule has 1 N–H and O–H groups in total. The summed E-state index contributed by atoms with van der Waals surface area (Å²) in [7, 11) is 0. The largest absolute Gasteiger partial charge is 0.491 e. The number of nitrogens with zero attached hydrogens (tertiary/aromatic N) is 2. The lowest BCUT2D eigenvalue weighted by atomic mass is 10.2. The summed E-state index contributed by atoms with van der Waals surface area (Å²) in [6, 6.07) is 8.17. The second-order valence-corrected chi connectivity index (χ2v) is 6.15. The van der Waals surface area contributed by atoms with Gasteiger partial charge in [-0.25, -0.2) is 4.98 Å². The lowest BCUT2D eigenvalue weighted by molar-refractivity contribution is 0.242. The van der Waals surface area contributed by atoms with E-state index in [1.165, 1.54) is 29.9 Å². The molecule has 5 heteroatoms. The van der Waals surface area contributed by atoms with Gasteiger partial charge < -0.3 is 10.1 Å². The van der Waals surface area contributed by atoms with Gasteiger partial charge in [-0.05, 0) is 44.4 Å². The van der Waals surface area contributed by atoms with Crippen LogP contribution in [0.2, 0.25) is 0 Å². The molecule has 4 nitrogen and oxygen atoms in total. The zero-order valence-corrected chi connectivity index (χ0v) is 12.6. The van der Waals surface area contributed by atoms with E-state index in [9.17, 15) is 0 Å². The van der Waals surface area contributed by atoms with Crippen LogP contribution < -0.4 is 10.1 Å². The van der Waals surface area contributed by atoms with Crippen molar-refractivity contribution in [1.29, 1.82) is 0 Å². The minimum Gasteiger partial charge on any atom is -0.491 e. The van der Waals surface area contributed by atoms with Crippen molar-refractivity contribution in [3.05, 3.63) is 35.7 Å². The van der Waals surface area contributed by atoms with Gasteiger partial charge in [-0.2, -0.15) is 4.37 Å². The summed E-state index contributed by atoms with van der Waals surface area (Å²) < 4.78 is 10.0. The Morgan fingerprint density at radius 2 is 2.05 bits per heavy atom. The lowest BCUT2D eigenvalue weighted by Crippen LogP contribution is -2.05. The standard InChI is InChI=1S/C15H19N3OS/c1-10(2)19-13-7-3-11(4-8-13)9-16-15-17-14(18-20-15)12-5-6-12/h3-4,7-8,10,12H,5-6,9H2,1-2H3,(H,16,17,18). The molecule has 1 heterocycles. The fourth-order valence-corrected chi connectivity index (χ4v) is 2.59. The molecule has 1 aromatic heterocycles. The average molecular weight is 289 g/mol. The van der Waals surface area contributed by atoms with E-state index >= 15 is 0 Å². The summed E-state index contributed by atoms with van der Waals surface area (Å²) >= 11 is 1.45. The number of aromatic nitrogens is 2. The summed E-state index contributed by atoms with van der Waals surface area (Å²) in [4.78, 5) is 4.52. The van der Waals surface area contributed by atoms with Crippen LogP contribution in [0.5, 0.6) is 5.75 Å². The van der Waals surface area contributed by atoms with Gasteiger partial charge in [-0.1, -0.05) is 12.1 Å². The van der Waals surface area contributed by atoms with Crippen molar-refractivity contribution in [2.24, 2.45) is 0 Å². The van der Waals surface area contributed by atoms with Gasteiger partial charge in [0, 0.05) is 24.0 Å². The van der Waals surface area contributed by atoms with E-state index in [0.29, 0.717) is 5.92 Å². The highest BCUT2D eigenvalue weighted by Gasteiger charge is 2.27. The molecule has 3 rings (SSSR count). The van der Waals surface area contributed by atoms with Gasteiger partial charge in [-0.15, -0.1) is 0 Å². The SMILES string of the molecule is CC(C)Oc1ccc(CNc2nc(C3CC3)ns2)cc1. The highest BCUT2D eigenvalue weighted by Crippen LogP contribution is 2.39. The minimum atomic E-state index is 0.209. The first-order valence-electron chi connectivity index (χ1n) is 7.04. The van der Waals surface area contributed by atoms with Crippen molar-refractivity contribution in [3.8, 4) is 5.75 Å². The van der Waals surface area contributed by atoms with Crippen molar-refractivity contribution in [2.45, 2.75) is 45.3 Å². The molecule has 0 unspecified atom stereocenters. The Kier molecular flexibility index (Phi) is 3.87. The molecule has 0 radical (unpaired) electrons. The first-order valence-corrected chi connectivity index (χ1v) is 7.81. The minimum absolute atomic E-state index is 0.209. The van der Waals surface area contributed by atoms with Crippen LogP contribution in [-0.2, 0) is 6.54 Å². The number of benzene rings is 1. The van der Waals surface area contributed by atoms with E-state index in [0.717, 1.165) is 23.3 Å². The molecule has 1 aliphatic carbocycles. The quantitative estimate of drug-likeness (QED) is 0.878. The Bertz CT molecular complexity index is 561. The van der Waals surface area contributed by atoms with Crippen LogP contribution in [0, 0.1) is 0 Å². The zero-order chi connectivity index (χ0) is 13.9. The van der Waals surface area contributed by atoms with Crippen LogP contribution in [-0.4, -0.2) is 15.5 Å². The first-order chi connectivity index (χ1) is 9.70. The number of hydrogen-bond acceptors (Lipinski definition) is 5. The summed E-state index contributed by atoms with van der Waals surface area (Å²) in [5.74, 6) is 2.54. The van der Waals surface area contributed by atoms with Crippen molar-refractivity contribution < 1.29 is 4.74 Å². The Balaban J connectivity index is 1.54. The molecule has 1 saturated carbocycles. The van der Waals surface area contributed by atoms with Gasteiger partial charge in [0.15, 0.2) is 0 Å². The van der Waals surface area contributed by atoms with Crippen molar-refractivity contribution in [3.63, 3.8) is 0 Å². The number of anilines is 1. The van der Waals surface area contributed by atoms with Gasteiger partial charge in [0.1, 0.15) is 11.6 Å². The van der Waals surface area contributed by atoms with Crippen molar-refractivity contribution in [1.82, 2.24) is 9.36 Å². The Morgan fingerprint density at radius 1 is 1.30 bits per heavy atom. The molecule has 2 aromatic rings. The predicted octanol–water partition coefficient (Wildman–Crippen LogP) is 3.81. The molecule has 0 spiro atoms. The van der Waals surface area contributed by atoms with E-state index < -0.39 is 0 Å². The molecule has 1 fully saturated rings. The molecular weight excluding hydrogens is 270 g/mol. The van der Waals surface area contributed by atoms with Crippen LogP contribution in [0.15, 0.2) is 24.3 Å². The van der Waals surface area contributed by atoms with Crippen molar-refractivity contribution in [2.75, 3.05) is 5.32 Å².